The summed E-state index contributed by atoms with van der Waals surface area (Å²) >= 11 is 0. The maximum Gasteiger partial charge on any atom is 0.129 e. The van der Waals surface area contributed by atoms with Gasteiger partial charge in [0.2, 0.25) is 0 Å². The second-order valence-electron chi connectivity index (χ2n) is 6.23. The molecule has 2 aromatic carbocycles. The molecule has 1 nitrogen and oxygen atoms in total. The van der Waals surface area contributed by atoms with Crippen molar-refractivity contribution in [1.82, 2.24) is 0 Å². The number of hydrogen-bond donors (Lipinski definition) is 0. The van der Waals surface area contributed by atoms with E-state index in [9.17, 15) is 8.78 Å². The van der Waals surface area contributed by atoms with Crippen LogP contribution in [0.25, 0.3) is 11.1 Å². The molecule has 0 amide bonds. The highest BCUT2D eigenvalue weighted by Crippen LogP contribution is 2.29. The van der Waals surface area contributed by atoms with Crippen molar-refractivity contribution < 1.29 is 13.5 Å². The summed E-state index contributed by atoms with van der Waals surface area (Å²) in [6.07, 6.45) is 3.00. The molecule has 0 unspecified atom stereocenters. The van der Waals surface area contributed by atoms with Crippen LogP contribution in [0.1, 0.15) is 44.7 Å². The Labute approximate surface area is 143 Å². The van der Waals surface area contributed by atoms with Crippen molar-refractivity contribution in [3.8, 4) is 16.9 Å². The molecule has 0 aliphatic carbocycles. The van der Waals surface area contributed by atoms with Gasteiger partial charge in [-0.3, -0.25) is 0 Å². The molecule has 0 N–H and O–H groups in total. The lowest BCUT2D eigenvalue weighted by Gasteiger charge is -2.17. The summed E-state index contributed by atoms with van der Waals surface area (Å²) in [7, 11) is 0. The van der Waals surface area contributed by atoms with Crippen LogP contribution in [0.15, 0.2) is 30.3 Å². The predicted octanol–water partition coefficient (Wildman–Crippen LogP) is 6.32. The van der Waals surface area contributed by atoms with Gasteiger partial charge in [0.1, 0.15) is 17.4 Å². The van der Waals surface area contributed by atoms with Gasteiger partial charge in [-0.2, -0.15) is 0 Å². The predicted molar refractivity (Wildman–Crippen MR) is 95.5 cm³/mol. The fourth-order valence-electron chi connectivity index (χ4n) is 2.72. The Hall–Kier alpha value is -1.90. The molecule has 24 heavy (non-hydrogen) atoms. The van der Waals surface area contributed by atoms with E-state index in [-0.39, 0.29) is 5.56 Å². The monoisotopic (exact) mass is 332 g/mol. The van der Waals surface area contributed by atoms with Gasteiger partial charge in [-0.25, -0.2) is 8.78 Å². The van der Waals surface area contributed by atoms with Crippen LogP contribution >= 0.6 is 0 Å². The van der Waals surface area contributed by atoms with Crippen molar-refractivity contribution in [3.05, 3.63) is 53.1 Å². The molecule has 0 saturated carbocycles. The summed E-state index contributed by atoms with van der Waals surface area (Å²) in [5.41, 5.74) is 2.47. The van der Waals surface area contributed by atoms with Crippen molar-refractivity contribution in [3.63, 3.8) is 0 Å². The van der Waals surface area contributed by atoms with Gasteiger partial charge in [-0.05, 0) is 60.2 Å². The van der Waals surface area contributed by atoms with Crippen LogP contribution in [0.3, 0.4) is 0 Å². The number of aryl methyl sites for hydroxylation is 1. The molecule has 0 atom stereocenters. The van der Waals surface area contributed by atoms with E-state index >= 15 is 0 Å². The number of halogens is 2. The third-order valence-electron chi connectivity index (χ3n) is 4.68. The van der Waals surface area contributed by atoms with Crippen LogP contribution in [0.5, 0.6) is 5.75 Å². The van der Waals surface area contributed by atoms with Crippen LogP contribution in [-0.2, 0) is 6.42 Å². The van der Waals surface area contributed by atoms with Crippen molar-refractivity contribution in [2.24, 2.45) is 5.92 Å². The van der Waals surface area contributed by atoms with Crippen molar-refractivity contribution in [1.29, 1.82) is 0 Å². The lowest BCUT2D eigenvalue weighted by atomic mass is 9.99. The topological polar surface area (TPSA) is 9.23 Å². The first-order chi connectivity index (χ1) is 11.5. The van der Waals surface area contributed by atoms with Gasteiger partial charge in [-0.15, -0.1) is 0 Å². The normalized spacial score (nSPS) is 11.1. The van der Waals surface area contributed by atoms with Crippen LogP contribution in [-0.4, -0.2) is 6.61 Å². The molecule has 0 aromatic heterocycles. The molecule has 2 rings (SSSR count). The molecule has 3 heteroatoms. The Morgan fingerprint density at radius 1 is 0.917 bits per heavy atom. The Kier molecular flexibility index (Phi) is 6.36. The van der Waals surface area contributed by atoms with E-state index in [1.807, 2.05) is 18.2 Å². The quantitative estimate of drug-likeness (QED) is 0.576. The molecular weight excluding hydrogens is 306 g/mol. The van der Waals surface area contributed by atoms with Crippen LogP contribution < -0.4 is 4.74 Å². The maximum absolute atomic E-state index is 13.8. The Balaban J connectivity index is 2.28. The molecule has 0 aliphatic heterocycles. The molecule has 0 bridgehead atoms. The number of ether oxygens (including phenoxy) is 1. The zero-order chi connectivity index (χ0) is 17.7. The molecule has 0 spiro atoms. The fraction of sp³-hybridized carbons (Fsp3) is 0.429. The van der Waals surface area contributed by atoms with E-state index < -0.39 is 11.6 Å². The van der Waals surface area contributed by atoms with E-state index in [4.69, 9.17) is 4.74 Å². The van der Waals surface area contributed by atoms with E-state index in [1.54, 1.807) is 0 Å². The molecule has 0 radical (unpaired) electrons. The molecule has 130 valence electrons. The van der Waals surface area contributed by atoms with Gasteiger partial charge < -0.3 is 4.74 Å². The van der Waals surface area contributed by atoms with Gasteiger partial charge in [0.25, 0.3) is 0 Å². The van der Waals surface area contributed by atoms with Crippen LogP contribution in [0.4, 0.5) is 8.78 Å². The summed E-state index contributed by atoms with van der Waals surface area (Å²) in [4.78, 5) is 0. The second-order valence-corrected chi connectivity index (χ2v) is 6.23. The highest BCUT2D eigenvalue weighted by atomic mass is 19.1. The highest BCUT2D eigenvalue weighted by Gasteiger charge is 2.12. The van der Waals surface area contributed by atoms with Crippen molar-refractivity contribution in [2.75, 3.05) is 6.61 Å². The minimum Gasteiger partial charge on any atom is -0.493 e. The van der Waals surface area contributed by atoms with E-state index in [2.05, 4.69) is 20.8 Å². The molecule has 0 aliphatic rings. The van der Waals surface area contributed by atoms with Gasteiger partial charge in [-0.1, -0.05) is 39.7 Å². The summed E-state index contributed by atoms with van der Waals surface area (Å²) < 4.78 is 33.6. The SMILES string of the molecule is CCc1cc(-c2cc(F)c(C)c(F)c2)ccc1OCC(CC)CC. The van der Waals surface area contributed by atoms with E-state index in [0.717, 1.165) is 36.1 Å². The summed E-state index contributed by atoms with van der Waals surface area (Å²) in [6.45, 7) is 8.54. The molecule has 2 aromatic rings. The lowest BCUT2D eigenvalue weighted by molar-refractivity contribution is 0.239. The fourth-order valence-corrected chi connectivity index (χ4v) is 2.72. The van der Waals surface area contributed by atoms with Gasteiger partial charge in [0, 0.05) is 5.56 Å². The molecular formula is C21H26F2O. The summed E-state index contributed by atoms with van der Waals surface area (Å²) in [5.74, 6) is 0.380. The van der Waals surface area contributed by atoms with Crippen molar-refractivity contribution >= 4 is 0 Å². The first kappa shape index (κ1) is 18.4. The number of hydrogen-bond acceptors (Lipinski definition) is 1. The number of rotatable bonds is 7. The van der Waals surface area contributed by atoms with Gasteiger partial charge in [0.05, 0.1) is 6.61 Å². The third-order valence-corrected chi connectivity index (χ3v) is 4.68. The smallest absolute Gasteiger partial charge is 0.129 e. The Morgan fingerprint density at radius 3 is 2.08 bits per heavy atom. The van der Waals surface area contributed by atoms with Gasteiger partial charge in [0.15, 0.2) is 0 Å². The minimum atomic E-state index is -0.517. The van der Waals surface area contributed by atoms with Crippen molar-refractivity contribution in [2.45, 2.75) is 47.0 Å². The zero-order valence-electron chi connectivity index (χ0n) is 15.0. The van der Waals surface area contributed by atoms with E-state index in [1.165, 1.54) is 19.1 Å². The average molecular weight is 332 g/mol. The standard InChI is InChI=1S/C21H26F2O/c1-5-15(6-2)13-24-21-9-8-17(10-16(21)7-3)18-11-19(22)14(4)20(23)12-18/h8-12,15H,5-7,13H2,1-4H3. The van der Waals surface area contributed by atoms with Crippen LogP contribution in [0.2, 0.25) is 0 Å². The average Bonchev–Trinajstić information content (AvgIpc) is 2.60. The molecule has 0 fully saturated rings. The highest BCUT2D eigenvalue weighted by molar-refractivity contribution is 5.66. The Morgan fingerprint density at radius 2 is 1.54 bits per heavy atom. The molecule has 0 saturated heterocycles. The maximum atomic E-state index is 13.8. The summed E-state index contributed by atoms with van der Waals surface area (Å²) in [6, 6.07) is 8.51. The minimum absolute atomic E-state index is 0.0552. The largest absolute Gasteiger partial charge is 0.493 e. The zero-order valence-corrected chi connectivity index (χ0v) is 15.0. The van der Waals surface area contributed by atoms with E-state index in [0.29, 0.717) is 18.1 Å². The molecule has 0 heterocycles. The first-order valence-electron chi connectivity index (χ1n) is 8.71. The van der Waals surface area contributed by atoms with Crippen LogP contribution in [0, 0.1) is 24.5 Å². The number of benzene rings is 2. The third kappa shape index (κ3) is 4.14. The van der Waals surface area contributed by atoms with Gasteiger partial charge >= 0.3 is 0 Å². The lowest BCUT2D eigenvalue weighted by Crippen LogP contribution is -2.11. The second kappa shape index (κ2) is 8.27. The Bertz CT molecular complexity index is 667. The first-order valence-corrected chi connectivity index (χ1v) is 8.71. The summed E-state index contributed by atoms with van der Waals surface area (Å²) in [5, 5.41) is 0.